The molecule has 1 aromatic carbocycles. The molecular weight excluding hydrogens is 308 g/mol. The third-order valence-corrected chi connectivity index (χ3v) is 3.64. The first-order valence-electron chi connectivity index (χ1n) is 6.32. The predicted molar refractivity (Wildman–Crippen MR) is 86.1 cm³/mol. The molecule has 5 nitrogen and oxygen atoms in total. The van der Waals surface area contributed by atoms with Crippen molar-refractivity contribution < 1.29 is 4.79 Å². The van der Waals surface area contributed by atoms with Crippen molar-refractivity contribution in [3.8, 4) is 0 Å². The van der Waals surface area contributed by atoms with Gasteiger partial charge in [0, 0.05) is 17.3 Å². The van der Waals surface area contributed by atoms with Gasteiger partial charge in [-0.15, -0.1) is 6.58 Å². The maximum atomic E-state index is 12.1. The van der Waals surface area contributed by atoms with Gasteiger partial charge in [-0.25, -0.2) is 0 Å². The molecule has 21 heavy (non-hydrogen) atoms. The van der Waals surface area contributed by atoms with Crippen molar-refractivity contribution in [2.75, 3.05) is 5.32 Å². The quantitative estimate of drug-likeness (QED) is 0.656. The monoisotopic (exact) mass is 322 g/mol. The Morgan fingerprint density at radius 2 is 2.38 bits per heavy atom. The summed E-state index contributed by atoms with van der Waals surface area (Å²) in [6, 6.07) is 5.38. The van der Waals surface area contributed by atoms with Gasteiger partial charge in [0.1, 0.15) is 5.82 Å². The average Bonchev–Trinajstić information content (AvgIpc) is 2.76. The number of carbonyl (C=O) groups is 1. The van der Waals surface area contributed by atoms with E-state index in [9.17, 15) is 4.79 Å². The molecule has 1 aromatic heterocycles. The van der Waals surface area contributed by atoms with Gasteiger partial charge in [0.25, 0.3) is 0 Å². The summed E-state index contributed by atoms with van der Waals surface area (Å²) in [5, 5.41) is 10.1. The normalized spacial score (nSPS) is 10.4. The van der Waals surface area contributed by atoms with Gasteiger partial charge >= 0.3 is 0 Å². The lowest BCUT2D eigenvalue weighted by Gasteiger charge is -2.07. The smallest absolute Gasteiger partial charge is 0.232 e. The van der Waals surface area contributed by atoms with Gasteiger partial charge in [0.05, 0.1) is 6.42 Å². The van der Waals surface area contributed by atoms with Crippen LogP contribution in [-0.2, 0) is 17.8 Å². The molecule has 2 rings (SSSR count). The minimum atomic E-state index is -0.186. The van der Waals surface area contributed by atoms with Crippen LogP contribution < -0.4 is 5.32 Å². The van der Waals surface area contributed by atoms with Crippen molar-refractivity contribution in [3.05, 3.63) is 52.0 Å². The van der Waals surface area contributed by atoms with E-state index in [1.54, 1.807) is 22.8 Å². The standard InChI is InChI=1S/C14H15ClN4OS/c1-3-6-19-12(17-18-14(19)21)8-13(20)16-10-5-4-9(2)11(15)7-10/h3-5,7H,1,6,8H2,2H3,(H,16,20)(H,18,21). The van der Waals surface area contributed by atoms with E-state index in [1.165, 1.54) is 0 Å². The molecule has 2 aromatic rings. The number of amides is 1. The Morgan fingerprint density at radius 1 is 1.62 bits per heavy atom. The number of rotatable bonds is 5. The van der Waals surface area contributed by atoms with E-state index in [4.69, 9.17) is 23.8 Å². The Morgan fingerprint density at radius 3 is 3.05 bits per heavy atom. The second-order valence-corrected chi connectivity index (χ2v) is 5.33. The molecule has 7 heteroatoms. The topological polar surface area (TPSA) is 62.7 Å². The van der Waals surface area contributed by atoms with Gasteiger partial charge in [0.15, 0.2) is 4.77 Å². The SMILES string of the molecule is C=CCn1c(CC(=O)Nc2ccc(C)c(Cl)c2)n[nH]c1=S. The minimum absolute atomic E-state index is 0.118. The van der Waals surface area contributed by atoms with E-state index in [1.807, 2.05) is 13.0 Å². The number of halogens is 1. The van der Waals surface area contributed by atoms with Crippen LogP contribution in [0.2, 0.25) is 5.02 Å². The Labute approximate surface area is 132 Å². The average molecular weight is 323 g/mol. The summed E-state index contributed by atoms with van der Waals surface area (Å²) in [5.41, 5.74) is 1.61. The van der Waals surface area contributed by atoms with Crippen molar-refractivity contribution in [1.29, 1.82) is 0 Å². The van der Waals surface area contributed by atoms with Gasteiger partial charge in [0.2, 0.25) is 5.91 Å². The van der Waals surface area contributed by atoms with Crippen LogP contribution in [0.3, 0.4) is 0 Å². The van der Waals surface area contributed by atoms with Crippen LogP contribution in [0.5, 0.6) is 0 Å². The summed E-state index contributed by atoms with van der Waals surface area (Å²) in [7, 11) is 0. The molecule has 0 unspecified atom stereocenters. The predicted octanol–water partition coefficient (Wildman–Crippen LogP) is 3.27. The second kappa shape index (κ2) is 6.69. The molecule has 0 saturated heterocycles. The van der Waals surface area contributed by atoms with Gasteiger partial charge in [-0.3, -0.25) is 14.5 Å². The first kappa shape index (κ1) is 15.5. The number of hydrogen-bond acceptors (Lipinski definition) is 3. The first-order valence-corrected chi connectivity index (χ1v) is 7.11. The zero-order chi connectivity index (χ0) is 15.4. The fourth-order valence-electron chi connectivity index (χ4n) is 1.82. The summed E-state index contributed by atoms with van der Waals surface area (Å²) in [6.07, 6.45) is 1.82. The summed E-state index contributed by atoms with van der Waals surface area (Å²) < 4.78 is 2.19. The highest BCUT2D eigenvalue weighted by Crippen LogP contribution is 2.20. The second-order valence-electron chi connectivity index (χ2n) is 4.53. The Balaban J connectivity index is 2.09. The number of nitrogens with one attached hydrogen (secondary N) is 2. The van der Waals surface area contributed by atoms with Crippen LogP contribution in [0.15, 0.2) is 30.9 Å². The number of benzene rings is 1. The number of anilines is 1. The van der Waals surface area contributed by atoms with E-state index in [-0.39, 0.29) is 12.3 Å². The third kappa shape index (κ3) is 3.80. The maximum Gasteiger partial charge on any atom is 0.232 e. The molecule has 0 saturated carbocycles. The number of aryl methyl sites for hydroxylation is 1. The fourth-order valence-corrected chi connectivity index (χ4v) is 2.23. The summed E-state index contributed by atoms with van der Waals surface area (Å²) in [4.78, 5) is 12.1. The van der Waals surface area contributed by atoms with Gasteiger partial charge in [-0.2, -0.15) is 5.10 Å². The molecule has 0 atom stereocenters. The molecule has 110 valence electrons. The number of aromatic nitrogens is 3. The van der Waals surface area contributed by atoms with Gasteiger partial charge in [-0.05, 0) is 36.8 Å². The molecule has 1 amide bonds. The number of carbonyl (C=O) groups excluding carboxylic acids is 1. The summed E-state index contributed by atoms with van der Waals surface area (Å²) >= 11 is 11.1. The van der Waals surface area contributed by atoms with E-state index in [0.29, 0.717) is 27.9 Å². The molecule has 0 spiro atoms. The first-order chi connectivity index (χ1) is 10.0. The number of nitrogens with zero attached hydrogens (tertiary/aromatic N) is 2. The zero-order valence-electron chi connectivity index (χ0n) is 11.5. The molecule has 0 aliphatic carbocycles. The highest BCUT2D eigenvalue weighted by molar-refractivity contribution is 7.71. The number of allylic oxidation sites excluding steroid dienone is 1. The number of aromatic amines is 1. The lowest BCUT2D eigenvalue weighted by Crippen LogP contribution is -2.17. The van der Waals surface area contributed by atoms with Crippen LogP contribution in [0.25, 0.3) is 0 Å². The summed E-state index contributed by atoms with van der Waals surface area (Å²) in [5.74, 6) is 0.379. The molecular formula is C14H15ClN4OS. The largest absolute Gasteiger partial charge is 0.326 e. The van der Waals surface area contributed by atoms with Crippen molar-refractivity contribution >= 4 is 35.4 Å². The van der Waals surface area contributed by atoms with Crippen molar-refractivity contribution in [2.24, 2.45) is 0 Å². The van der Waals surface area contributed by atoms with Gasteiger partial charge in [-0.1, -0.05) is 23.7 Å². The molecule has 0 aliphatic heterocycles. The summed E-state index contributed by atoms with van der Waals surface area (Å²) in [6.45, 7) is 6.07. The van der Waals surface area contributed by atoms with Crippen molar-refractivity contribution in [2.45, 2.75) is 19.9 Å². The zero-order valence-corrected chi connectivity index (χ0v) is 13.1. The molecule has 0 radical (unpaired) electrons. The number of hydrogen-bond donors (Lipinski definition) is 2. The van der Waals surface area contributed by atoms with Crippen molar-refractivity contribution in [3.63, 3.8) is 0 Å². The Bertz CT molecular complexity index is 735. The van der Waals surface area contributed by atoms with Gasteiger partial charge < -0.3 is 5.32 Å². The molecule has 0 aliphatic rings. The fraction of sp³-hybridized carbons (Fsp3) is 0.214. The van der Waals surface area contributed by atoms with E-state index < -0.39 is 0 Å². The van der Waals surface area contributed by atoms with Crippen LogP contribution >= 0.6 is 23.8 Å². The van der Waals surface area contributed by atoms with E-state index >= 15 is 0 Å². The Hall–Kier alpha value is -1.92. The van der Waals surface area contributed by atoms with Crippen molar-refractivity contribution in [1.82, 2.24) is 14.8 Å². The van der Waals surface area contributed by atoms with E-state index in [0.717, 1.165) is 5.56 Å². The van der Waals surface area contributed by atoms with Crippen LogP contribution in [-0.4, -0.2) is 20.7 Å². The third-order valence-electron chi connectivity index (χ3n) is 2.92. The van der Waals surface area contributed by atoms with Crippen LogP contribution in [0, 0.1) is 11.7 Å². The van der Waals surface area contributed by atoms with Crippen LogP contribution in [0.1, 0.15) is 11.4 Å². The minimum Gasteiger partial charge on any atom is -0.326 e. The number of H-pyrrole nitrogens is 1. The lowest BCUT2D eigenvalue weighted by molar-refractivity contribution is -0.115. The highest BCUT2D eigenvalue weighted by atomic mass is 35.5. The Kier molecular flexibility index (Phi) is 4.93. The molecule has 0 bridgehead atoms. The molecule has 0 fully saturated rings. The molecule has 2 N–H and O–H groups in total. The lowest BCUT2D eigenvalue weighted by atomic mass is 10.2. The highest BCUT2D eigenvalue weighted by Gasteiger charge is 2.11. The molecule has 1 heterocycles. The maximum absolute atomic E-state index is 12.1. The van der Waals surface area contributed by atoms with E-state index in [2.05, 4.69) is 22.1 Å². The van der Waals surface area contributed by atoms with Crippen LogP contribution in [0.4, 0.5) is 5.69 Å².